The maximum atomic E-state index is 14.0. The van der Waals surface area contributed by atoms with Gasteiger partial charge in [-0.1, -0.05) is 53.7 Å². The summed E-state index contributed by atoms with van der Waals surface area (Å²) in [4.78, 5) is 35.9. The first-order valence-corrected chi connectivity index (χ1v) is 15.3. The molecule has 4 aromatic rings. The molecule has 2 N–H and O–H groups in total. The molecule has 240 valence electrons. The molecule has 0 radical (unpaired) electrons. The van der Waals surface area contributed by atoms with Crippen LogP contribution in [0, 0.1) is 0 Å². The number of benzene rings is 4. The lowest BCUT2D eigenvalue weighted by Crippen LogP contribution is -2.50. The minimum Gasteiger partial charge on any atom is -0.507 e. The van der Waals surface area contributed by atoms with Crippen molar-refractivity contribution in [1.29, 1.82) is 0 Å². The molecular weight excluding hydrogens is 600 g/mol. The number of ether oxygens (including phenoxy) is 3. The molecule has 2 atom stereocenters. The number of rotatable bonds is 8. The zero-order valence-corrected chi connectivity index (χ0v) is 26.5. The Balaban J connectivity index is 1.36. The molecule has 3 aliphatic rings. The van der Waals surface area contributed by atoms with Gasteiger partial charge in [0.15, 0.2) is 17.3 Å². The average Bonchev–Trinajstić information content (AvgIpc) is 3.25. The predicted octanol–water partition coefficient (Wildman–Crippen LogP) is 5.73. The molecule has 1 fully saturated rings. The van der Waals surface area contributed by atoms with Crippen LogP contribution in [0.25, 0.3) is 0 Å². The lowest BCUT2D eigenvalue weighted by atomic mass is 9.76. The quantitative estimate of drug-likeness (QED) is 0.162. The van der Waals surface area contributed by atoms with Crippen LogP contribution < -0.4 is 14.2 Å². The minimum atomic E-state index is -0.775. The number of hydrogen-bond acceptors (Lipinski definition) is 10. The van der Waals surface area contributed by atoms with Gasteiger partial charge < -0.3 is 29.3 Å². The second-order valence-electron chi connectivity index (χ2n) is 12.2. The Morgan fingerprint density at radius 2 is 1.53 bits per heavy atom. The summed E-state index contributed by atoms with van der Waals surface area (Å²) in [5.41, 5.74) is 2.40. The van der Waals surface area contributed by atoms with E-state index >= 15 is 0 Å². The summed E-state index contributed by atoms with van der Waals surface area (Å²) in [7, 11) is 4.57. The maximum absolute atomic E-state index is 14.0. The van der Waals surface area contributed by atoms with Crippen LogP contribution in [0.5, 0.6) is 28.7 Å². The number of nitrogens with zero attached hydrogens (tertiary/aromatic N) is 2. The Kier molecular flexibility index (Phi) is 7.40. The Hall–Kier alpha value is -5.35. The van der Waals surface area contributed by atoms with E-state index in [-0.39, 0.29) is 52.5 Å². The second-order valence-corrected chi connectivity index (χ2v) is 12.2. The zero-order valence-electron chi connectivity index (χ0n) is 26.5. The van der Waals surface area contributed by atoms with E-state index in [1.54, 1.807) is 26.4 Å². The van der Waals surface area contributed by atoms with Gasteiger partial charge in [-0.3, -0.25) is 14.5 Å². The summed E-state index contributed by atoms with van der Waals surface area (Å²) in [6, 6.07) is 19.6. The molecule has 10 nitrogen and oxygen atoms in total. The average molecular weight is 635 g/mol. The molecule has 0 amide bonds. The van der Waals surface area contributed by atoms with Crippen molar-refractivity contribution in [1.82, 2.24) is 4.90 Å². The van der Waals surface area contributed by atoms with Crippen molar-refractivity contribution in [2.24, 2.45) is 5.16 Å². The van der Waals surface area contributed by atoms with Gasteiger partial charge in [0, 0.05) is 42.1 Å². The lowest BCUT2D eigenvalue weighted by molar-refractivity contribution is 0.0955. The van der Waals surface area contributed by atoms with Crippen molar-refractivity contribution >= 4 is 17.3 Å². The van der Waals surface area contributed by atoms with Gasteiger partial charge in [0.05, 0.1) is 49.3 Å². The summed E-state index contributed by atoms with van der Waals surface area (Å²) in [5.74, 6) is -0.358. The van der Waals surface area contributed by atoms with Crippen LogP contribution in [0.15, 0.2) is 71.9 Å². The van der Waals surface area contributed by atoms with Crippen molar-refractivity contribution < 1.29 is 38.9 Å². The summed E-state index contributed by atoms with van der Waals surface area (Å²) in [6.07, 6.45) is 0.568. The molecule has 1 saturated heterocycles. The monoisotopic (exact) mass is 634 g/mol. The van der Waals surface area contributed by atoms with Crippen molar-refractivity contribution in [3.05, 3.63) is 111 Å². The number of oxime groups is 1. The Labute approximate surface area is 271 Å². The fraction of sp³-hybridized carbons (Fsp3) is 0.270. The lowest BCUT2D eigenvalue weighted by Gasteiger charge is -2.44. The highest BCUT2D eigenvalue weighted by Gasteiger charge is 2.56. The standard InChI is InChI=1S/C37H34N2O8/c1-37-17-23-29(35(42)32-31(34(23)41)33(40)22-11-8-12-26(45-3)30(22)36(32)43)24(16-28(37)38-47-19-20-9-6-5-7-10-20)39(37)18-21-13-14-25(44-2)27(15-21)46-4/h5-15,24,41-42H,16-19H2,1-4H3. The largest absolute Gasteiger partial charge is 0.507 e. The van der Waals surface area contributed by atoms with Gasteiger partial charge >= 0.3 is 0 Å². The molecular formula is C37H34N2O8. The molecule has 2 heterocycles. The van der Waals surface area contributed by atoms with Gasteiger partial charge in [0.2, 0.25) is 5.78 Å². The van der Waals surface area contributed by atoms with E-state index in [0.717, 1.165) is 16.8 Å². The first-order chi connectivity index (χ1) is 22.7. The van der Waals surface area contributed by atoms with Crippen LogP contribution in [0.4, 0.5) is 0 Å². The number of aromatic hydroxyl groups is 2. The predicted molar refractivity (Wildman–Crippen MR) is 173 cm³/mol. The summed E-state index contributed by atoms with van der Waals surface area (Å²) in [6.45, 7) is 2.70. The highest BCUT2D eigenvalue weighted by Crippen LogP contribution is 2.57. The number of carbonyl (C=O) groups is 2. The zero-order chi connectivity index (χ0) is 33.0. The van der Waals surface area contributed by atoms with Crippen LogP contribution in [0.2, 0.25) is 0 Å². The summed E-state index contributed by atoms with van der Waals surface area (Å²) >= 11 is 0. The van der Waals surface area contributed by atoms with Gasteiger partial charge in [0.25, 0.3) is 0 Å². The van der Waals surface area contributed by atoms with Crippen molar-refractivity contribution in [2.75, 3.05) is 21.3 Å². The third-order valence-corrected chi connectivity index (χ3v) is 9.68. The van der Waals surface area contributed by atoms with Gasteiger partial charge in [-0.2, -0.15) is 0 Å². The van der Waals surface area contributed by atoms with E-state index in [2.05, 4.69) is 10.1 Å². The molecule has 7 rings (SSSR count). The molecule has 2 unspecified atom stereocenters. The molecule has 4 aromatic carbocycles. The number of carbonyl (C=O) groups excluding carboxylic acids is 2. The third-order valence-electron chi connectivity index (χ3n) is 9.68. The number of phenols is 2. The first-order valence-electron chi connectivity index (χ1n) is 15.3. The normalized spacial score (nSPS) is 20.4. The van der Waals surface area contributed by atoms with Gasteiger partial charge in [-0.15, -0.1) is 0 Å². The molecule has 2 aliphatic heterocycles. The van der Waals surface area contributed by atoms with Crippen LogP contribution >= 0.6 is 0 Å². The van der Waals surface area contributed by atoms with Crippen LogP contribution in [0.3, 0.4) is 0 Å². The number of ketones is 2. The van der Waals surface area contributed by atoms with E-state index < -0.39 is 23.1 Å². The molecule has 0 spiro atoms. The number of methoxy groups -OCH3 is 3. The highest BCUT2D eigenvalue weighted by atomic mass is 16.6. The van der Waals surface area contributed by atoms with E-state index in [1.807, 2.05) is 55.5 Å². The third kappa shape index (κ3) is 4.62. The van der Waals surface area contributed by atoms with E-state index in [1.165, 1.54) is 13.2 Å². The van der Waals surface area contributed by atoms with Crippen molar-refractivity contribution in [2.45, 2.75) is 44.5 Å². The first kappa shape index (κ1) is 30.3. The van der Waals surface area contributed by atoms with Gasteiger partial charge in [-0.25, -0.2) is 0 Å². The fourth-order valence-corrected chi connectivity index (χ4v) is 7.34. The number of hydrogen-bond donors (Lipinski definition) is 2. The van der Waals surface area contributed by atoms with Crippen molar-refractivity contribution in [3.63, 3.8) is 0 Å². The number of fused-ring (bicyclic) bond motifs is 6. The summed E-state index contributed by atoms with van der Waals surface area (Å²) < 4.78 is 16.4. The van der Waals surface area contributed by atoms with Crippen LogP contribution in [-0.2, 0) is 24.4 Å². The molecule has 10 heteroatoms. The molecule has 1 aliphatic carbocycles. The van der Waals surface area contributed by atoms with Gasteiger partial charge in [-0.05, 0) is 36.2 Å². The van der Waals surface area contributed by atoms with Gasteiger partial charge in [0.1, 0.15) is 23.9 Å². The Bertz CT molecular complexity index is 1970. The van der Waals surface area contributed by atoms with E-state index in [9.17, 15) is 19.8 Å². The van der Waals surface area contributed by atoms with Crippen molar-refractivity contribution in [3.8, 4) is 28.7 Å². The Morgan fingerprint density at radius 1 is 0.809 bits per heavy atom. The van der Waals surface area contributed by atoms with Crippen LogP contribution in [0.1, 0.15) is 73.5 Å². The van der Waals surface area contributed by atoms with Crippen LogP contribution in [-0.4, -0.2) is 59.3 Å². The summed E-state index contributed by atoms with van der Waals surface area (Å²) in [5, 5.41) is 28.4. The second kappa shape index (κ2) is 11.5. The smallest absolute Gasteiger partial charge is 0.202 e. The minimum absolute atomic E-state index is 0.0629. The molecule has 0 saturated carbocycles. The topological polar surface area (TPSA) is 127 Å². The number of phenolic OH excluding ortho intramolecular Hbond substituents is 2. The molecule has 47 heavy (non-hydrogen) atoms. The van der Waals surface area contributed by atoms with E-state index in [0.29, 0.717) is 35.6 Å². The molecule has 0 aromatic heterocycles. The fourth-order valence-electron chi connectivity index (χ4n) is 7.34. The maximum Gasteiger partial charge on any atom is 0.202 e. The molecule has 2 bridgehead atoms. The Morgan fingerprint density at radius 3 is 2.26 bits per heavy atom. The van der Waals surface area contributed by atoms with E-state index in [4.69, 9.17) is 19.0 Å². The highest BCUT2D eigenvalue weighted by molar-refractivity contribution is 6.31. The SMILES string of the molecule is COc1ccc(CN2C3CC(=NOCc4ccccc4)C2(C)Cc2c(O)c4c(c(O)c23)C(=O)c2c(OC)cccc2C4=O)cc1OC.